The minimum Gasteiger partial charge on any atom is -0.423 e. The van der Waals surface area contributed by atoms with Crippen molar-refractivity contribution in [1.82, 2.24) is 0 Å². The largest absolute Gasteiger partial charge is 0.423 e. The zero-order valence-corrected chi connectivity index (χ0v) is 21.6. The van der Waals surface area contributed by atoms with Crippen molar-refractivity contribution in [2.75, 3.05) is 6.61 Å². The smallest absolute Gasteiger partial charge is 0.343 e. The van der Waals surface area contributed by atoms with E-state index < -0.39 is 0 Å². The van der Waals surface area contributed by atoms with Gasteiger partial charge in [-0.25, -0.2) is 4.79 Å². The van der Waals surface area contributed by atoms with E-state index in [1.165, 1.54) is 37.7 Å². The van der Waals surface area contributed by atoms with Crippen LogP contribution in [-0.2, 0) is 11.2 Å². The molecule has 0 aliphatic carbocycles. The van der Waals surface area contributed by atoms with Gasteiger partial charge in [-0.05, 0) is 60.2 Å². The molecule has 0 aliphatic rings. The molecular formula is C32H40O3. The Morgan fingerprint density at radius 2 is 1.37 bits per heavy atom. The van der Waals surface area contributed by atoms with Gasteiger partial charge < -0.3 is 9.47 Å². The van der Waals surface area contributed by atoms with Crippen LogP contribution < -0.4 is 4.74 Å². The van der Waals surface area contributed by atoms with E-state index in [9.17, 15) is 4.79 Å². The summed E-state index contributed by atoms with van der Waals surface area (Å²) in [5.41, 5.74) is 4.98. The normalized spacial score (nSPS) is 11.9. The Balaban J connectivity index is 1.52. The van der Waals surface area contributed by atoms with Gasteiger partial charge in [-0.15, -0.1) is 0 Å². The van der Waals surface area contributed by atoms with Crippen LogP contribution in [-0.4, -0.2) is 12.6 Å². The minimum atomic E-state index is -0.327. The fraction of sp³-hybridized carbons (Fsp3) is 0.406. The lowest BCUT2D eigenvalue weighted by atomic mass is 10.0. The van der Waals surface area contributed by atoms with Crippen LogP contribution in [0.5, 0.6) is 5.75 Å². The summed E-state index contributed by atoms with van der Waals surface area (Å²) in [6.07, 6.45) is 9.63. The number of benzene rings is 3. The van der Waals surface area contributed by atoms with Crippen LogP contribution in [0, 0.1) is 0 Å². The molecule has 3 nitrogen and oxygen atoms in total. The number of para-hydroxylation sites is 1. The second-order valence-electron chi connectivity index (χ2n) is 9.23. The molecule has 0 radical (unpaired) electrons. The molecule has 0 N–H and O–H groups in total. The highest BCUT2D eigenvalue weighted by molar-refractivity contribution is 5.91. The van der Waals surface area contributed by atoms with Gasteiger partial charge in [0.05, 0.1) is 11.7 Å². The number of aryl methyl sites for hydroxylation is 1. The Bertz CT molecular complexity index is 1020. The predicted octanol–water partition coefficient (Wildman–Crippen LogP) is 8.96. The zero-order valence-electron chi connectivity index (χ0n) is 21.6. The van der Waals surface area contributed by atoms with Gasteiger partial charge in [-0.2, -0.15) is 0 Å². The average molecular weight is 473 g/mol. The third kappa shape index (κ3) is 8.36. The van der Waals surface area contributed by atoms with Gasteiger partial charge in [0, 0.05) is 6.61 Å². The molecule has 3 aromatic carbocycles. The first-order valence-electron chi connectivity index (χ1n) is 13.2. The standard InChI is InChI=1S/C32H40O3/c1-4-6-7-8-9-12-24-34-25(3)26-16-18-27(19-17-26)28-20-22-30(23-21-28)32(33)35-31-15-11-10-14-29(31)13-5-2/h10-11,14-23,25H,4-9,12-13,24H2,1-3H3. The number of carbonyl (C=O) groups excluding carboxylic acids is 1. The van der Waals surface area contributed by atoms with Crippen molar-refractivity contribution in [2.24, 2.45) is 0 Å². The van der Waals surface area contributed by atoms with Crippen LogP contribution in [0.25, 0.3) is 11.1 Å². The SMILES string of the molecule is CCCCCCCCOC(C)c1ccc(-c2ccc(C(=O)Oc3ccccc3CCC)cc2)cc1. The molecule has 0 amide bonds. The number of ether oxygens (including phenoxy) is 2. The van der Waals surface area contributed by atoms with Crippen molar-refractivity contribution < 1.29 is 14.3 Å². The number of hydrogen-bond acceptors (Lipinski definition) is 3. The van der Waals surface area contributed by atoms with Gasteiger partial charge in [0.1, 0.15) is 5.75 Å². The molecule has 0 aromatic heterocycles. The van der Waals surface area contributed by atoms with Gasteiger partial charge in [-0.3, -0.25) is 0 Å². The first-order valence-corrected chi connectivity index (χ1v) is 13.2. The van der Waals surface area contributed by atoms with Crippen molar-refractivity contribution in [2.45, 2.75) is 78.2 Å². The summed E-state index contributed by atoms with van der Waals surface area (Å²) in [6, 6.07) is 23.9. The Morgan fingerprint density at radius 1 is 0.743 bits per heavy atom. The maximum atomic E-state index is 12.7. The predicted molar refractivity (Wildman–Crippen MR) is 145 cm³/mol. The Morgan fingerprint density at radius 3 is 2.06 bits per heavy atom. The first kappa shape index (κ1) is 26.7. The van der Waals surface area contributed by atoms with E-state index in [1.807, 2.05) is 48.5 Å². The topological polar surface area (TPSA) is 35.5 Å². The molecule has 1 unspecified atom stereocenters. The number of unbranched alkanes of at least 4 members (excludes halogenated alkanes) is 5. The van der Waals surface area contributed by atoms with Crippen LogP contribution in [0.4, 0.5) is 0 Å². The van der Waals surface area contributed by atoms with Gasteiger partial charge in [0.25, 0.3) is 0 Å². The molecule has 35 heavy (non-hydrogen) atoms. The lowest BCUT2D eigenvalue weighted by Crippen LogP contribution is -2.09. The van der Waals surface area contributed by atoms with Crippen molar-refractivity contribution >= 4 is 5.97 Å². The molecule has 0 saturated heterocycles. The van der Waals surface area contributed by atoms with Gasteiger partial charge in [-0.1, -0.05) is 107 Å². The van der Waals surface area contributed by atoms with E-state index in [4.69, 9.17) is 9.47 Å². The molecule has 0 bridgehead atoms. The van der Waals surface area contributed by atoms with Gasteiger partial charge >= 0.3 is 5.97 Å². The van der Waals surface area contributed by atoms with Gasteiger partial charge in [0.2, 0.25) is 0 Å². The second-order valence-corrected chi connectivity index (χ2v) is 9.23. The number of esters is 1. The summed E-state index contributed by atoms with van der Waals surface area (Å²) in [7, 11) is 0. The van der Waals surface area contributed by atoms with E-state index in [0.717, 1.165) is 42.6 Å². The summed E-state index contributed by atoms with van der Waals surface area (Å²) in [5.74, 6) is 0.318. The maximum Gasteiger partial charge on any atom is 0.343 e. The van der Waals surface area contributed by atoms with E-state index in [-0.39, 0.29) is 12.1 Å². The monoisotopic (exact) mass is 472 g/mol. The van der Waals surface area contributed by atoms with Gasteiger partial charge in [0.15, 0.2) is 0 Å². The number of hydrogen-bond donors (Lipinski definition) is 0. The quantitative estimate of drug-likeness (QED) is 0.133. The van der Waals surface area contributed by atoms with Crippen LogP contribution >= 0.6 is 0 Å². The highest BCUT2D eigenvalue weighted by Gasteiger charge is 2.12. The summed E-state index contributed by atoms with van der Waals surface area (Å²) in [5, 5.41) is 0. The van der Waals surface area contributed by atoms with E-state index in [2.05, 4.69) is 45.0 Å². The molecule has 0 saturated carbocycles. The summed E-state index contributed by atoms with van der Waals surface area (Å²) in [4.78, 5) is 12.7. The third-order valence-electron chi connectivity index (χ3n) is 6.39. The number of carbonyl (C=O) groups is 1. The van der Waals surface area contributed by atoms with Crippen molar-refractivity contribution in [3.05, 3.63) is 89.5 Å². The Labute approximate surface area is 211 Å². The van der Waals surface area contributed by atoms with E-state index in [1.54, 1.807) is 0 Å². The molecule has 0 aliphatic heterocycles. The summed E-state index contributed by atoms with van der Waals surface area (Å²) >= 11 is 0. The second kappa shape index (κ2) is 14.5. The molecule has 3 aromatic rings. The van der Waals surface area contributed by atoms with Crippen LogP contribution in [0.15, 0.2) is 72.8 Å². The molecule has 0 spiro atoms. The summed E-state index contributed by atoms with van der Waals surface area (Å²) < 4.78 is 11.7. The van der Waals surface area contributed by atoms with E-state index in [0.29, 0.717) is 11.3 Å². The van der Waals surface area contributed by atoms with Crippen LogP contribution in [0.1, 0.15) is 93.3 Å². The highest BCUT2D eigenvalue weighted by Crippen LogP contribution is 2.25. The molecule has 0 fully saturated rings. The molecular weight excluding hydrogens is 432 g/mol. The molecule has 0 heterocycles. The molecule has 186 valence electrons. The summed E-state index contributed by atoms with van der Waals surface area (Å²) in [6.45, 7) is 7.30. The van der Waals surface area contributed by atoms with Crippen LogP contribution in [0.3, 0.4) is 0 Å². The Hall–Kier alpha value is -2.91. The van der Waals surface area contributed by atoms with Crippen molar-refractivity contribution in [3.8, 4) is 16.9 Å². The van der Waals surface area contributed by atoms with Crippen LogP contribution in [0.2, 0.25) is 0 Å². The lowest BCUT2D eigenvalue weighted by Gasteiger charge is -2.14. The first-order chi connectivity index (χ1) is 17.1. The Kier molecular flexibility index (Phi) is 11.0. The third-order valence-corrected chi connectivity index (χ3v) is 6.39. The van der Waals surface area contributed by atoms with Crippen molar-refractivity contribution in [3.63, 3.8) is 0 Å². The maximum absolute atomic E-state index is 12.7. The van der Waals surface area contributed by atoms with E-state index >= 15 is 0 Å². The number of rotatable bonds is 14. The average Bonchev–Trinajstić information content (AvgIpc) is 2.89. The fourth-order valence-electron chi connectivity index (χ4n) is 4.22. The molecule has 3 heteroatoms. The minimum absolute atomic E-state index is 0.0902. The van der Waals surface area contributed by atoms with Crippen molar-refractivity contribution in [1.29, 1.82) is 0 Å². The lowest BCUT2D eigenvalue weighted by molar-refractivity contribution is 0.0627. The zero-order chi connectivity index (χ0) is 24.9. The molecule has 1 atom stereocenters. The highest BCUT2D eigenvalue weighted by atomic mass is 16.5. The fourth-order valence-corrected chi connectivity index (χ4v) is 4.22. The molecule has 3 rings (SSSR count).